The van der Waals surface area contributed by atoms with E-state index in [1.54, 1.807) is 0 Å². The van der Waals surface area contributed by atoms with Crippen molar-refractivity contribution in [2.75, 3.05) is 11.9 Å². The van der Waals surface area contributed by atoms with E-state index in [0.717, 1.165) is 36.2 Å². The highest BCUT2D eigenvalue weighted by molar-refractivity contribution is 5.95. The lowest BCUT2D eigenvalue weighted by atomic mass is 10.1. The van der Waals surface area contributed by atoms with Gasteiger partial charge in [-0.2, -0.15) is 0 Å². The van der Waals surface area contributed by atoms with Crippen LogP contribution < -0.4 is 5.32 Å². The van der Waals surface area contributed by atoms with Crippen LogP contribution in [-0.2, 0) is 4.79 Å². The lowest BCUT2D eigenvalue weighted by molar-refractivity contribution is -0.121. The third-order valence-corrected chi connectivity index (χ3v) is 5.15. The van der Waals surface area contributed by atoms with Gasteiger partial charge in [0, 0.05) is 11.7 Å². The summed E-state index contributed by atoms with van der Waals surface area (Å²) in [4.78, 5) is 15.1. The molecule has 1 saturated heterocycles. The minimum Gasteiger partial charge on any atom is -0.507 e. The van der Waals surface area contributed by atoms with Crippen molar-refractivity contribution in [1.82, 2.24) is 4.90 Å². The molecule has 0 spiro atoms. The summed E-state index contributed by atoms with van der Waals surface area (Å²) in [6.07, 6.45) is 7.14. The minimum absolute atomic E-state index is 0.0116. The molecule has 2 aliphatic rings. The number of aromatic hydroxyl groups is 1. The van der Waals surface area contributed by atoms with E-state index in [-0.39, 0.29) is 11.9 Å². The second kappa shape index (κ2) is 6.29. The molecule has 1 saturated carbocycles. The Labute approximate surface area is 132 Å². The van der Waals surface area contributed by atoms with Gasteiger partial charge in [0.05, 0.1) is 6.04 Å². The monoisotopic (exact) mass is 302 g/mol. The van der Waals surface area contributed by atoms with Crippen LogP contribution in [0.4, 0.5) is 5.69 Å². The van der Waals surface area contributed by atoms with Gasteiger partial charge in [-0.3, -0.25) is 9.69 Å². The summed E-state index contributed by atoms with van der Waals surface area (Å²) in [5, 5.41) is 12.9. The fourth-order valence-electron chi connectivity index (χ4n) is 4.00. The Morgan fingerprint density at radius 1 is 1.14 bits per heavy atom. The summed E-state index contributed by atoms with van der Waals surface area (Å²) >= 11 is 0. The molecule has 1 atom stereocenters. The van der Waals surface area contributed by atoms with E-state index in [1.165, 1.54) is 25.7 Å². The smallest absolute Gasteiger partial charge is 0.241 e. The van der Waals surface area contributed by atoms with Gasteiger partial charge in [-0.05, 0) is 69.3 Å². The Morgan fingerprint density at radius 3 is 2.41 bits per heavy atom. The Bertz CT molecular complexity index is 541. The van der Waals surface area contributed by atoms with Gasteiger partial charge in [0.2, 0.25) is 5.91 Å². The molecule has 1 unspecified atom stereocenters. The Hall–Kier alpha value is -1.55. The first-order valence-electron chi connectivity index (χ1n) is 8.43. The van der Waals surface area contributed by atoms with Gasteiger partial charge in [-0.1, -0.05) is 12.8 Å². The zero-order valence-corrected chi connectivity index (χ0v) is 13.6. The molecule has 4 nitrogen and oxygen atoms in total. The summed E-state index contributed by atoms with van der Waals surface area (Å²) < 4.78 is 0. The number of rotatable bonds is 3. The third kappa shape index (κ3) is 2.98. The van der Waals surface area contributed by atoms with Crippen molar-refractivity contribution >= 4 is 11.6 Å². The van der Waals surface area contributed by atoms with Crippen LogP contribution in [0.15, 0.2) is 12.1 Å². The molecule has 1 aliphatic carbocycles. The molecule has 2 N–H and O–H groups in total. The molecular weight excluding hydrogens is 276 g/mol. The highest BCUT2D eigenvalue weighted by Crippen LogP contribution is 2.31. The number of phenols is 1. The molecule has 0 aromatic heterocycles. The molecule has 22 heavy (non-hydrogen) atoms. The summed E-state index contributed by atoms with van der Waals surface area (Å²) in [6, 6.07) is 4.29. The first-order chi connectivity index (χ1) is 10.6. The van der Waals surface area contributed by atoms with Gasteiger partial charge in [0.25, 0.3) is 0 Å². The number of hydrogen-bond donors (Lipinski definition) is 2. The zero-order chi connectivity index (χ0) is 15.7. The first-order valence-corrected chi connectivity index (χ1v) is 8.43. The van der Waals surface area contributed by atoms with Crippen LogP contribution >= 0.6 is 0 Å². The van der Waals surface area contributed by atoms with Crippen LogP contribution in [0.1, 0.15) is 49.7 Å². The van der Waals surface area contributed by atoms with Gasteiger partial charge in [-0.15, -0.1) is 0 Å². The van der Waals surface area contributed by atoms with Gasteiger partial charge < -0.3 is 10.4 Å². The van der Waals surface area contributed by atoms with Crippen molar-refractivity contribution in [2.24, 2.45) is 0 Å². The maximum absolute atomic E-state index is 12.7. The molecule has 4 heteroatoms. The van der Waals surface area contributed by atoms with Crippen molar-refractivity contribution in [1.29, 1.82) is 0 Å². The fourth-order valence-corrected chi connectivity index (χ4v) is 4.00. The number of phenolic OH excluding ortho intramolecular Hbond substituents is 1. The summed E-state index contributed by atoms with van der Waals surface area (Å²) in [5.41, 5.74) is 2.39. The molecular formula is C18H26N2O2. The Morgan fingerprint density at radius 2 is 1.77 bits per heavy atom. The number of anilines is 1. The predicted molar refractivity (Wildman–Crippen MR) is 88.2 cm³/mol. The zero-order valence-electron chi connectivity index (χ0n) is 13.6. The minimum atomic E-state index is 0.0116. The van der Waals surface area contributed by atoms with Gasteiger partial charge in [0.1, 0.15) is 5.75 Å². The second-order valence-corrected chi connectivity index (χ2v) is 6.78. The molecule has 1 aromatic carbocycles. The van der Waals surface area contributed by atoms with E-state index < -0.39 is 0 Å². The number of hydrogen-bond acceptors (Lipinski definition) is 3. The normalized spacial score (nSPS) is 23.1. The number of carbonyl (C=O) groups is 1. The molecule has 0 bridgehead atoms. The van der Waals surface area contributed by atoms with Crippen LogP contribution in [0.3, 0.4) is 0 Å². The SMILES string of the molecule is Cc1cc(NC(=O)C2CCCN2C2CCCC2)cc(C)c1O. The molecule has 1 aliphatic heterocycles. The largest absolute Gasteiger partial charge is 0.507 e. The highest BCUT2D eigenvalue weighted by atomic mass is 16.3. The Kier molecular flexibility index (Phi) is 4.39. The quantitative estimate of drug-likeness (QED) is 0.842. The summed E-state index contributed by atoms with van der Waals surface area (Å²) in [6.45, 7) is 4.77. The molecule has 2 fully saturated rings. The lowest BCUT2D eigenvalue weighted by Crippen LogP contribution is -2.44. The van der Waals surface area contributed by atoms with Crippen LogP contribution in [0, 0.1) is 13.8 Å². The molecule has 1 heterocycles. The predicted octanol–water partition coefficient (Wildman–Crippen LogP) is 3.35. The van der Waals surface area contributed by atoms with Crippen molar-refractivity contribution in [3.05, 3.63) is 23.3 Å². The highest BCUT2D eigenvalue weighted by Gasteiger charge is 2.36. The molecule has 3 rings (SSSR count). The van der Waals surface area contributed by atoms with E-state index in [1.807, 2.05) is 26.0 Å². The van der Waals surface area contributed by atoms with Gasteiger partial charge in [0.15, 0.2) is 0 Å². The van der Waals surface area contributed by atoms with E-state index in [0.29, 0.717) is 11.8 Å². The topological polar surface area (TPSA) is 52.6 Å². The second-order valence-electron chi connectivity index (χ2n) is 6.78. The molecule has 1 amide bonds. The molecule has 120 valence electrons. The van der Waals surface area contributed by atoms with E-state index >= 15 is 0 Å². The average molecular weight is 302 g/mol. The van der Waals surface area contributed by atoms with Gasteiger partial charge >= 0.3 is 0 Å². The fraction of sp³-hybridized carbons (Fsp3) is 0.611. The maximum Gasteiger partial charge on any atom is 0.241 e. The van der Waals surface area contributed by atoms with Gasteiger partial charge in [-0.25, -0.2) is 0 Å². The van der Waals surface area contributed by atoms with Crippen molar-refractivity contribution in [3.8, 4) is 5.75 Å². The van der Waals surface area contributed by atoms with E-state index in [2.05, 4.69) is 10.2 Å². The molecule has 1 aromatic rings. The van der Waals surface area contributed by atoms with Crippen molar-refractivity contribution in [2.45, 2.75) is 64.5 Å². The van der Waals surface area contributed by atoms with Crippen LogP contribution in [0.5, 0.6) is 5.75 Å². The lowest BCUT2D eigenvalue weighted by Gasteiger charge is -2.29. The van der Waals surface area contributed by atoms with Crippen molar-refractivity contribution in [3.63, 3.8) is 0 Å². The number of aryl methyl sites for hydroxylation is 2. The number of amides is 1. The number of carbonyl (C=O) groups excluding carboxylic acids is 1. The van der Waals surface area contributed by atoms with Crippen molar-refractivity contribution < 1.29 is 9.90 Å². The first kappa shape index (κ1) is 15.3. The Balaban J connectivity index is 1.71. The summed E-state index contributed by atoms with van der Waals surface area (Å²) in [5.74, 6) is 0.417. The average Bonchev–Trinajstić information content (AvgIpc) is 3.14. The number of benzene rings is 1. The number of nitrogens with zero attached hydrogens (tertiary/aromatic N) is 1. The summed E-state index contributed by atoms with van der Waals surface area (Å²) in [7, 11) is 0. The van der Waals surface area contributed by atoms with Crippen LogP contribution in [0.2, 0.25) is 0 Å². The van der Waals surface area contributed by atoms with Crippen LogP contribution in [-0.4, -0.2) is 34.5 Å². The van der Waals surface area contributed by atoms with E-state index in [9.17, 15) is 9.90 Å². The third-order valence-electron chi connectivity index (χ3n) is 5.15. The number of likely N-dealkylation sites (tertiary alicyclic amines) is 1. The van der Waals surface area contributed by atoms with E-state index in [4.69, 9.17) is 0 Å². The number of nitrogens with one attached hydrogen (secondary N) is 1. The van der Waals surface area contributed by atoms with Crippen LogP contribution in [0.25, 0.3) is 0 Å². The maximum atomic E-state index is 12.7. The standard InChI is InChI=1S/C18H26N2O2/c1-12-10-14(11-13(2)17(12)21)19-18(22)16-8-5-9-20(16)15-6-3-4-7-15/h10-11,15-16,21H,3-9H2,1-2H3,(H,19,22). The molecule has 0 radical (unpaired) electrons.